The third kappa shape index (κ3) is 2.91. The van der Waals surface area contributed by atoms with Crippen molar-refractivity contribution in [2.75, 3.05) is 19.8 Å². The Labute approximate surface area is 114 Å². The van der Waals surface area contributed by atoms with Gasteiger partial charge < -0.3 is 15.0 Å². The second-order valence-electron chi connectivity index (χ2n) is 5.77. The maximum absolute atomic E-state index is 12.8. The molecule has 1 heterocycles. The minimum absolute atomic E-state index is 0.0193. The van der Waals surface area contributed by atoms with Crippen LogP contribution in [0.15, 0.2) is 0 Å². The summed E-state index contributed by atoms with van der Waals surface area (Å²) < 4.78 is 5.35. The van der Waals surface area contributed by atoms with Crippen molar-refractivity contribution in [3.63, 3.8) is 0 Å². The number of nitrogens with zero attached hydrogens (tertiary/aromatic N) is 1. The van der Waals surface area contributed by atoms with Crippen molar-refractivity contribution in [3.8, 4) is 0 Å². The molecule has 0 spiro atoms. The molecule has 2 amide bonds. The molecule has 1 aliphatic carbocycles. The van der Waals surface area contributed by atoms with E-state index in [1.54, 1.807) is 0 Å². The van der Waals surface area contributed by atoms with Gasteiger partial charge >= 0.3 is 0 Å². The molecule has 0 bridgehead atoms. The molecule has 1 saturated heterocycles. The van der Waals surface area contributed by atoms with Crippen molar-refractivity contribution in [1.29, 1.82) is 0 Å². The van der Waals surface area contributed by atoms with E-state index in [4.69, 9.17) is 4.74 Å². The van der Waals surface area contributed by atoms with Crippen LogP contribution in [0.1, 0.15) is 40.0 Å². The summed E-state index contributed by atoms with van der Waals surface area (Å²) in [6.07, 6.45) is 2.42. The molecule has 0 aromatic carbocycles. The van der Waals surface area contributed by atoms with E-state index in [1.807, 2.05) is 25.7 Å². The van der Waals surface area contributed by atoms with E-state index in [0.29, 0.717) is 32.1 Å². The first-order valence-corrected chi connectivity index (χ1v) is 7.19. The highest BCUT2D eigenvalue weighted by molar-refractivity contribution is 5.94. The lowest BCUT2D eigenvalue weighted by atomic mass is 9.94. The smallest absolute Gasteiger partial charge is 0.248 e. The lowest BCUT2D eigenvalue weighted by Gasteiger charge is -2.34. The minimum Gasteiger partial charge on any atom is -0.380 e. The first-order chi connectivity index (χ1) is 8.99. The Bertz CT molecular complexity index is 368. The summed E-state index contributed by atoms with van der Waals surface area (Å²) in [7, 11) is 0. The van der Waals surface area contributed by atoms with Crippen molar-refractivity contribution < 1.29 is 14.3 Å². The monoisotopic (exact) mass is 268 g/mol. The predicted octanol–water partition coefficient (Wildman–Crippen LogP) is 0.929. The molecule has 2 unspecified atom stereocenters. The van der Waals surface area contributed by atoms with Crippen LogP contribution in [-0.2, 0) is 14.3 Å². The first-order valence-electron chi connectivity index (χ1n) is 7.19. The van der Waals surface area contributed by atoms with Crippen molar-refractivity contribution in [2.45, 2.75) is 51.6 Å². The number of rotatable bonds is 5. The Morgan fingerprint density at radius 1 is 1.42 bits per heavy atom. The van der Waals surface area contributed by atoms with Crippen LogP contribution in [0.25, 0.3) is 0 Å². The van der Waals surface area contributed by atoms with Crippen molar-refractivity contribution in [2.24, 2.45) is 5.92 Å². The maximum Gasteiger partial charge on any atom is 0.248 e. The molecule has 2 aliphatic rings. The molecule has 19 heavy (non-hydrogen) atoms. The topological polar surface area (TPSA) is 58.6 Å². The molecule has 2 fully saturated rings. The summed E-state index contributed by atoms with van der Waals surface area (Å²) >= 11 is 0. The van der Waals surface area contributed by atoms with Gasteiger partial charge in [0.25, 0.3) is 0 Å². The van der Waals surface area contributed by atoms with E-state index in [1.165, 1.54) is 0 Å². The van der Waals surface area contributed by atoms with Gasteiger partial charge in [0.1, 0.15) is 5.54 Å². The zero-order valence-electron chi connectivity index (χ0n) is 12.1. The molecule has 1 N–H and O–H groups in total. The van der Waals surface area contributed by atoms with E-state index in [0.717, 1.165) is 12.8 Å². The van der Waals surface area contributed by atoms with Gasteiger partial charge in [-0.25, -0.2) is 0 Å². The molecular formula is C14H24N2O3. The number of hydrogen-bond acceptors (Lipinski definition) is 3. The maximum atomic E-state index is 12.8. The fraction of sp³-hybridized carbons (Fsp3) is 0.857. The molecule has 2 rings (SSSR count). The van der Waals surface area contributed by atoms with Crippen LogP contribution in [-0.4, -0.2) is 48.1 Å². The highest BCUT2D eigenvalue weighted by Crippen LogP contribution is 2.41. The standard InChI is InChI=1S/C14H24N2O3/c1-4-19-8-7-16-10(2)9-12(17)15-14(3,13(16)18)11-5-6-11/h10-11H,4-9H2,1-3H3,(H,15,17). The number of hydrogen-bond donors (Lipinski definition) is 1. The van der Waals surface area contributed by atoms with Gasteiger partial charge in [0.2, 0.25) is 11.8 Å². The SMILES string of the molecule is CCOCCN1C(=O)C(C)(C2CC2)NC(=O)CC1C. The van der Waals surface area contributed by atoms with Gasteiger partial charge in [-0.05, 0) is 39.5 Å². The quantitative estimate of drug-likeness (QED) is 0.755. The summed E-state index contributed by atoms with van der Waals surface area (Å²) in [6.45, 7) is 7.48. The van der Waals surface area contributed by atoms with Gasteiger partial charge in [-0.1, -0.05) is 0 Å². The van der Waals surface area contributed by atoms with Crippen LogP contribution in [0.4, 0.5) is 0 Å². The number of amides is 2. The zero-order valence-corrected chi connectivity index (χ0v) is 12.1. The van der Waals surface area contributed by atoms with Crippen molar-refractivity contribution >= 4 is 11.8 Å². The fourth-order valence-corrected chi connectivity index (χ4v) is 2.84. The van der Waals surface area contributed by atoms with Crippen molar-refractivity contribution in [1.82, 2.24) is 10.2 Å². The van der Waals surface area contributed by atoms with E-state index >= 15 is 0 Å². The largest absolute Gasteiger partial charge is 0.380 e. The molecule has 0 radical (unpaired) electrons. The highest BCUT2D eigenvalue weighted by atomic mass is 16.5. The van der Waals surface area contributed by atoms with Crippen LogP contribution in [0.3, 0.4) is 0 Å². The predicted molar refractivity (Wildman–Crippen MR) is 71.6 cm³/mol. The van der Waals surface area contributed by atoms with E-state index in [2.05, 4.69) is 5.32 Å². The molecular weight excluding hydrogens is 244 g/mol. The van der Waals surface area contributed by atoms with E-state index in [9.17, 15) is 9.59 Å². The Morgan fingerprint density at radius 2 is 2.11 bits per heavy atom. The van der Waals surface area contributed by atoms with Gasteiger partial charge in [-0.2, -0.15) is 0 Å². The third-order valence-corrected chi connectivity index (χ3v) is 4.19. The summed E-state index contributed by atoms with van der Waals surface area (Å²) in [5, 5.41) is 2.95. The molecule has 1 aliphatic heterocycles. The highest BCUT2D eigenvalue weighted by Gasteiger charge is 2.52. The number of carbonyl (C=O) groups excluding carboxylic acids is 2. The molecule has 5 nitrogen and oxygen atoms in total. The molecule has 2 atom stereocenters. The van der Waals surface area contributed by atoms with Crippen LogP contribution in [0.2, 0.25) is 0 Å². The summed E-state index contributed by atoms with van der Waals surface area (Å²) in [5.74, 6) is 0.325. The molecule has 0 aromatic heterocycles. The zero-order chi connectivity index (χ0) is 14.0. The fourth-order valence-electron chi connectivity index (χ4n) is 2.84. The van der Waals surface area contributed by atoms with Gasteiger partial charge in [0.15, 0.2) is 0 Å². The van der Waals surface area contributed by atoms with E-state index in [-0.39, 0.29) is 17.9 Å². The average Bonchev–Trinajstić information content (AvgIpc) is 3.16. The summed E-state index contributed by atoms with van der Waals surface area (Å²) in [5.41, 5.74) is -0.714. The van der Waals surface area contributed by atoms with Crippen LogP contribution < -0.4 is 5.32 Å². The summed E-state index contributed by atoms with van der Waals surface area (Å²) in [4.78, 5) is 26.5. The minimum atomic E-state index is -0.714. The van der Waals surface area contributed by atoms with Gasteiger partial charge in [0.05, 0.1) is 6.61 Å². The van der Waals surface area contributed by atoms with E-state index < -0.39 is 5.54 Å². The van der Waals surface area contributed by atoms with Crippen LogP contribution in [0, 0.1) is 5.92 Å². The lowest BCUT2D eigenvalue weighted by molar-refractivity contribution is -0.141. The third-order valence-electron chi connectivity index (χ3n) is 4.19. The molecule has 108 valence electrons. The van der Waals surface area contributed by atoms with Crippen LogP contribution >= 0.6 is 0 Å². The Kier molecular flexibility index (Phi) is 4.13. The Hall–Kier alpha value is -1.10. The lowest BCUT2D eigenvalue weighted by Crippen LogP contribution is -2.57. The average molecular weight is 268 g/mol. The van der Waals surface area contributed by atoms with Crippen LogP contribution in [0.5, 0.6) is 0 Å². The number of ether oxygens (including phenoxy) is 1. The number of carbonyl (C=O) groups is 2. The van der Waals surface area contributed by atoms with Gasteiger partial charge in [-0.3, -0.25) is 9.59 Å². The van der Waals surface area contributed by atoms with Gasteiger partial charge in [-0.15, -0.1) is 0 Å². The van der Waals surface area contributed by atoms with Crippen molar-refractivity contribution in [3.05, 3.63) is 0 Å². The molecule has 0 aromatic rings. The van der Waals surface area contributed by atoms with Gasteiger partial charge in [0, 0.05) is 25.6 Å². The second kappa shape index (κ2) is 5.49. The normalized spacial score (nSPS) is 32.2. The Morgan fingerprint density at radius 3 is 2.68 bits per heavy atom. The molecule has 1 saturated carbocycles. The second-order valence-corrected chi connectivity index (χ2v) is 5.77. The molecule has 5 heteroatoms. The Balaban J connectivity index is 2.14. The first kappa shape index (κ1) is 14.3. The number of nitrogens with one attached hydrogen (secondary N) is 1. The summed E-state index contributed by atoms with van der Waals surface area (Å²) in [6, 6.07) is -0.0615.